The predicted octanol–water partition coefficient (Wildman–Crippen LogP) is 8.73. The number of aliphatic imine (C=N–C) groups is 2. The van der Waals surface area contributed by atoms with Crippen molar-refractivity contribution in [3.05, 3.63) is 174 Å². The molecular weight excluding hydrogens is 536 g/mol. The van der Waals surface area contributed by atoms with Gasteiger partial charge in [0.15, 0.2) is 6.17 Å². The summed E-state index contributed by atoms with van der Waals surface area (Å²) < 4.78 is 2.42. The van der Waals surface area contributed by atoms with Crippen LogP contribution in [0.3, 0.4) is 0 Å². The molecule has 0 spiro atoms. The van der Waals surface area contributed by atoms with Crippen LogP contribution in [0.2, 0.25) is 0 Å². The van der Waals surface area contributed by atoms with E-state index in [1.807, 2.05) is 36.4 Å². The van der Waals surface area contributed by atoms with Crippen LogP contribution in [0.4, 0.5) is 0 Å². The monoisotopic (exact) mass is 566 g/mol. The van der Waals surface area contributed by atoms with E-state index in [9.17, 15) is 0 Å². The summed E-state index contributed by atoms with van der Waals surface area (Å²) in [5.74, 6) is 3.43. The third-order valence-electron chi connectivity index (χ3n) is 9.26. The van der Waals surface area contributed by atoms with E-state index in [0.29, 0.717) is 17.8 Å². The first-order valence-electron chi connectivity index (χ1n) is 15.3. The third kappa shape index (κ3) is 4.14. The molecular formula is C40H30N4. The molecule has 3 unspecified atom stereocenters. The maximum absolute atomic E-state index is 5.13. The Bertz CT molecular complexity index is 2150. The van der Waals surface area contributed by atoms with E-state index in [1.165, 1.54) is 27.4 Å². The van der Waals surface area contributed by atoms with E-state index < -0.39 is 0 Å². The Morgan fingerprint density at radius 1 is 0.523 bits per heavy atom. The van der Waals surface area contributed by atoms with Gasteiger partial charge in [0, 0.05) is 27.6 Å². The number of allylic oxidation sites excluding steroid dienone is 4. The van der Waals surface area contributed by atoms with E-state index >= 15 is 0 Å². The summed E-state index contributed by atoms with van der Waals surface area (Å²) in [6.45, 7) is 0. The quantitative estimate of drug-likeness (QED) is 0.223. The van der Waals surface area contributed by atoms with Crippen LogP contribution >= 0.6 is 0 Å². The van der Waals surface area contributed by atoms with Crippen molar-refractivity contribution in [3.8, 4) is 5.69 Å². The second kappa shape index (κ2) is 10.1. The van der Waals surface area contributed by atoms with Gasteiger partial charge in [-0.3, -0.25) is 0 Å². The van der Waals surface area contributed by atoms with E-state index in [1.54, 1.807) is 0 Å². The van der Waals surface area contributed by atoms with Gasteiger partial charge in [0.1, 0.15) is 11.7 Å². The molecule has 2 heterocycles. The number of hydrogen-bond donors (Lipinski definition) is 1. The number of amidine groups is 2. The SMILES string of the molecule is C1=CC2C(C=C1)C2c1ccc2c3ccccc3n(-c3cccc(C4=NC(c5ccccc5)N=C(c5ccccc5)N4)c3)c2c1. The molecule has 1 fully saturated rings. The maximum atomic E-state index is 5.13. The molecule has 5 aromatic carbocycles. The number of aromatic nitrogens is 1. The van der Waals surface area contributed by atoms with Crippen molar-refractivity contribution in [3.63, 3.8) is 0 Å². The molecule has 0 bridgehead atoms. The first-order chi connectivity index (χ1) is 21.8. The Labute approximate surface area is 256 Å². The lowest BCUT2D eigenvalue weighted by molar-refractivity contribution is 0.756. The second-order valence-corrected chi connectivity index (χ2v) is 11.9. The Kier molecular flexibility index (Phi) is 5.73. The van der Waals surface area contributed by atoms with Gasteiger partial charge in [0.05, 0.1) is 11.0 Å². The van der Waals surface area contributed by atoms with Crippen molar-refractivity contribution in [2.45, 2.75) is 12.1 Å². The standard InChI is InChI=1S/C40H30N4/c1-3-12-26(13-4-1)38-41-39(27-14-5-2-6-15-27)43-40(42-38)29-16-11-17-30(24-29)44-35-21-10-9-18-31(35)32-23-22-28(25-36(32)44)37-33-19-7-8-20-34(33)37/h1-25,33-34,37-38H,(H,41,42,43). The summed E-state index contributed by atoms with van der Waals surface area (Å²) >= 11 is 0. The lowest BCUT2D eigenvalue weighted by Gasteiger charge is -2.22. The summed E-state index contributed by atoms with van der Waals surface area (Å²) in [6, 6.07) is 45.2. The summed E-state index contributed by atoms with van der Waals surface area (Å²) in [6.07, 6.45) is 8.80. The number of hydrogen-bond acceptors (Lipinski definition) is 3. The van der Waals surface area contributed by atoms with Crippen LogP contribution in [0.1, 0.15) is 34.3 Å². The fraction of sp³-hybridized carbons (Fsp3) is 0.100. The van der Waals surface area contributed by atoms with Crippen molar-refractivity contribution in [1.29, 1.82) is 0 Å². The first-order valence-corrected chi connectivity index (χ1v) is 15.3. The zero-order valence-electron chi connectivity index (χ0n) is 24.1. The smallest absolute Gasteiger partial charge is 0.169 e. The summed E-state index contributed by atoms with van der Waals surface area (Å²) in [5, 5.41) is 6.12. The summed E-state index contributed by atoms with van der Waals surface area (Å²) in [7, 11) is 0. The molecule has 2 aliphatic carbocycles. The molecule has 1 aromatic heterocycles. The Hall–Kier alpha value is -5.48. The van der Waals surface area contributed by atoms with Crippen molar-refractivity contribution in [1.82, 2.24) is 9.88 Å². The summed E-state index contributed by atoms with van der Waals surface area (Å²) in [4.78, 5) is 10.1. The molecule has 0 amide bonds. The lowest BCUT2D eigenvalue weighted by Crippen LogP contribution is -2.36. The van der Waals surface area contributed by atoms with Gasteiger partial charge in [-0.2, -0.15) is 0 Å². The van der Waals surface area contributed by atoms with Gasteiger partial charge in [0.25, 0.3) is 0 Å². The predicted molar refractivity (Wildman–Crippen MR) is 181 cm³/mol. The average Bonchev–Trinajstić information content (AvgIpc) is 3.75. The fourth-order valence-electron chi connectivity index (χ4n) is 7.06. The number of nitrogens with zero attached hydrogens (tertiary/aromatic N) is 3. The molecule has 1 N–H and O–H groups in total. The van der Waals surface area contributed by atoms with Crippen molar-refractivity contribution in [2.24, 2.45) is 21.8 Å². The van der Waals surface area contributed by atoms with Crippen LogP contribution in [0.5, 0.6) is 0 Å². The van der Waals surface area contributed by atoms with Crippen molar-refractivity contribution < 1.29 is 0 Å². The van der Waals surface area contributed by atoms with Crippen LogP contribution < -0.4 is 5.32 Å². The highest BCUT2D eigenvalue weighted by Crippen LogP contribution is 2.57. The fourth-order valence-corrected chi connectivity index (χ4v) is 7.06. The van der Waals surface area contributed by atoms with Crippen molar-refractivity contribution >= 4 is 33.5 Å². The summed E-state index contributed by atoms with van der Waals surface area (Å²) in [5.41, 5.74) is 8.10. The van der Waals surface area contributed by atoms with Crippen LogP contribution in [0.25, 0.3) is 27.5 Å². The highest BCUT2D eigenvalue weighted by Gasteiger charge is 2.48. The van der Waals surface area contributed by atoms with Gasteiger partial charge in [-0.1, -0.05) is 127 Å². The normalized spacial score (nSPS) is 21.9. The zero-order chi connectivity index (χ0) is 29.0. The molecule has 4 heteroatoms. The van der Waals surface area contributed by atoms with E-state index in [4.69, 9.17) is 9.98 Å². The number of nitrogens with one attached hydrogen (secondary N) is 1. The van der Waals surface area contributed by atoms with E-state index in [-0.39, 0.29) is 6.17 Å². The number of para-hydroxylation sites is 1. The number of rotatable bonds is 5. The third-order valence-corrected chi connectivity index (χ3v) is 9.26. The van der Waals surface area contributed by atoms with Gasteiger partial charge in [-0.05, 0) is 53.1 Å². The molecule has 3 atom stereocenters. The molecule has 9 rings (SSSR count). The number of benzene rings is 5. The highest BCUT2D eigenvalue weighted by atomic mass is 15.2. The number of fused-ring (bicyclic) bond motifs is 4. The average molecular weight is 567 g/mol. The maximum Gasteiger partial charge on any atom is 0.169 e. The highest BCUT2D eigenvalue weighted by molar-refractivity contribution is 6.16. The Morgan fingerprint density at radius 3 is 1.98 bits per heavy atom. The van der Waals surface area contributed by atoms with Gasteiger partial charge in [-0.15, -0.1) is 0 Å². The van der Waals surface area contributed by atoms with Crippen LogP contribution in [0, 0.1) is 11.8 Å². The molecule has 0 saturated heterocycles. The minimum atomic E-state index is -0.327. The van der Waals surface area contributed by atoms with E-state index in [0.717, 1.165) is 34.0 Å². The van der Waals surface area contributed by atoms with Gasteiger partial charge >= 0.3 is 0 Å². The molecule has 6 aromatic rings. The van der Waals surface area contributed by atoms with Crippen LogP contribution in [-0.2, 0) is 0 Å². The van der Waals surface area contributed by atoms with Crippen molar-refractivity contribution in [2.75, 3.05) is 0 Å². The Morgan fingerprint density at radius 2 is 1.18 bits per heavy atom. The zero-order valence-corrected chi connectivity index (χ0v) is 24.1. The molecule has 44 heavy (non-hydrogen) atoms. The molecule has 1 saturated carbocycles. The Balaban J connectivity index is 1.17. The second-order valence-electron chi connectivity index (χ2n) is 11.9. The molecule has 4 nitrogen and oxygen atoms in total. The topological polar surface area (TPSA) is 41.7 Å². The minimum Gasteiger partial charge on any atom is -0.324 e. The van der Waals surface area contributed by atoms with Crippen LogP contribution in [-0.4, -0.2) is 16.2 Å². The van der Waals surface area contributed by atoms with Gasteiger partial charge < -0.3 is 9.88 Å². The molecule has 210 valence electrons. The molecule has 0 radical (unpaired) electrons. The van der Waals surface area contributed by atoms with Crippen LogP contribution in [0.15, 0.2) is 162 Å². The lowest BCUT2D eigenvalue weighted by atomic mass is 10.0. The molecule has 1 aliphatic heterocycles. The molecule has 3 aliphatic rings. The minimum absolute atomic E-state index is 0.327. The largest absolute Gasteiger partial charge is 0.324 e. The van der Waals surface area contributed by atoms with E-state index in [2.05, 4.69) is 125 Å². The van der Waals surface area contributed by atoms with Gasteiger partial charge in [-0.25, -0.2) is 9.98 Å². The first kappa shape index (κ1) is 25.1. The van der Waals surface area contributed by atoms with Gasteiger partial charge in [0.2, 0.25) is 0 Å².